The number of rotatable bonds is 6. The zero-order valence-corrected chi connectivity index (χ0v) is 15.3. The van der Waals surface area contributed by atoms with E-state index in [4.69, 9.17) is 4.74 Å². The summed E-state index contributed by atoms with van der Waals surface area (Å²) in [5.41, 5.74) is 4.13. The highest BCUT2D eigenvalue weighted by molar-refractivity contribution is 5.89. The highest BCUT2D eigenvalue weighted by Crippen LogP contribution is 2.23. The molecule has 0 saturated carbocycles. The molecule has 0 bridgehead atoms. The van der Waals surface area contributed by atoms with E-state index in [0.29, 0.717) is 23.5 Å². The zero-order valence-electron chi connectivity index (χ0n) is 15.3. The average molecular weight is 370 g/mol. The molecule has 0 aliphatic rings. The monoisotopic (exact) mass is 370 g/mol. The maximum Gasteiger partial charge on any atom is 0.269 e. The Kier molecular flexibility index (Phi) is 5.83. The van der Waals surface area contributed by atoms with E-state index in [1.165, 1.54) is 17.7 Å². The Labute approximate surface area is 163 Å². The normalized spacial score (nSPS) is 10.9. The molecule has 0 unspecified atom stereocenters. The predicted molar refractivity (Wildman–Crippen MR) is 109 cm³/mol. The molecule has 0 heterocycles. The fraction of sp³-hybridized carbons (Fsp3) is 0.0870. The van der Waals surface area contributed by atoms with Crippen molar-refractivity contribution in [2.24, 2.45) is 0 Å². The van der Waals surface area contributed by atoms with Gasteiger partial charge in [-0.15, -0.1) is 0 Å². The van der Waals surface area contributed by atoms with Crippen LogP contribution in [-0.4, -0.2) is 4.92 Å². The molecule has 0 N–H and O–H groups in total. The summed E-state index contributed by atoms with van der Waals surface area (Å²) in [4.78, 5) is 10.3. The molecule has 5 nitrogen and oxygen atoms in total. The molecule has 5 heteroatoms. The van der Waals surface area contributed by atoms with Crippen molar-refractivity contribution in [3.63, 3.8) is 0 Å². The Bertz CT molecular complexity index is 1050. The summed E-state index contributed by atoms with van der Waals surface area (Å²) in [5.74, 6) is 0.704. The molecule has 28 heavy (non-hydrogen) atoms. The SMILES string of the molecule is Cc1ccc(COc2cccc(C=C(C#N)c3ccc([N+](=O)[O-])cc3)c2)cc1. The van der Waals surface area contributed by atoms with E-state index in [1.54, 1.807) is 18.2 Å². The van der Waals surface area contributed by atoms with Crippen molar-refractivity contribution >= 4 is 17.3 Å². The number of hydrogen-bond donors (Lipinski definition) is 0. The first-order valence-corrected chi connectivity index (χ1v) is 8.70. The molecule has 0 spiro atoms. The minimum Gasteiger partial charge on any atom is -0.489 e. The molecular weight excluding hydrogens is 352 g/mol. The second-order valence-corrected chi connectivity index (χ2v) is 6.32. The van der Waals surface area contributed by atoms with Gasteiger partial charge in [0.2, 0.25) is 0 Å². The van der Waals surface area contributed by atoms with E-state index in [1.807, 2.05) is 55.5 Å². The number of nitrogens with zero attached hydrogens (tertiary/aromatic N) is 2. The van der Waals surface area contributed by atoms with Gasteiger partial charge in [0, 0.05) is 12.1 Å². The van der Waals surface area contributed by atoms with Gasteiger partial charge in [0.25, 0.3) is 5.69 Å². The van der Waals surface area contributed by atoms with Crippen molar-refractivity contribution in [2.45, 2.75) is 13.5 Å². The van der Waals surface area contributed by atoms with Crippen molar-refractivity contribution < 1.29 is 9.66 Å². The first kappa shape index (κ1) is 18.9. The number of nitro benzene ring substituents is 1. The Morgan fingerprint density at radius 3 is 2.46 bits per heavy atom. The third-order valence-electron chi connectivity index (χ3n) is 4.20. The van der Waals surface area contributed by atoms with Crippen LogP contribution in [0, 0.1) is 28.4 Å². The van der Waals surface area contributed by atoms with E-state index in [2.05, 4.69) is 6.07 Å². The van der Waals surface area contributed by atoms with Crippen molar-refractivity contribution in [3.8, 4) is 11.8 Å². The smallest absolute Gasteiger partial charge is 0.269 e. The standard InChI is InChI=1S/C23H18N2O3/c1-17-5-7-18(8-6-17)16-28-23-4-2-3-19(14-23)13-21(15-24)20-9-11-22(12-10-20)25(26)27/h2-14H,16H2,1H3. The number of allylic oxidation sites excluding steroid dienone is 1. The van der Waals surface area contributed by atoms with Gasteiger partial charge < -0.3 is 4.74 Å². The lowest BCUT2D eigenvalue weighted by Gasteiger charge is -2.08. The third kappa shape index (κ3) is 4.83. The van der Waals surface area contributed by atoms with Gasteiger partial charge in [-0.05, 0) is 54.0 Å². The van der Waals surface area contributed by atoms with Crippen LogP contribution in [0.4, 0.5) is 5.69 Å². The molecule has 0 aliphatic carbocycles. The van der Waals surface area contributed by atoms with Crippen LogP contribution in [0.5, 0.6) is 5.75 Å². The van der Waals surface area contributed by atoms with E-state index in [-0.39, 0.29) is 5.69 Å². The predicted octanol–water partition coefficient (Wildman–Crippen LogP) is 5.55. The molecular formula is C23H18N2O3. The summed E-state index contributed by atoms with van der Waals surface area (Å²) in [6, 6.07) is 23.7. The molecule has 3 aromatic rings. The second-order valence-electron chi connectivity index (χ2n) is 6.32. The van der Waals surface area contributed by atoms with E-state index in [9.17, 15) is 15.4 Å². The summed E-state index contributed by atoms with van der Waals surface area (Å²) in [6.07, 6.45) is 1.74. The summed E-state index contributed by atoms with van der Waals surface area (Å²) >= 11 is 0. The van der Waals surface area contributed by atoms with Crippen LogP contribution < -0.4 is 4.74 Å². The van der Waals surface area contributed by atoms with Gasteiger partial charge in [-0.3, -0.25) is 10.1 Å². The number of aryl methyl sites for hydroxylation is 1. The average Bonchev–Trinajstić information content (AvgIpc) is 2.72. The first-order chi connectivity index (χ1) is 13.5. The second kappa shape index (κ2) is 8.65. The van der Waals surface area contributed by atoms with Gasteiger partial charge in [-0.1, -0.05) is 42.0 Å². The van der Waals surface area contributed by atoms with Crippen LogP contribution in [0.1, 0.15) is 22.3 Å². The number of non-ortho nitro benzene ring substituents is 1. The Balaban J connectivity index is 1.76. The Morgan fingerprint density at radius 2 is 1.82 bits per heavy atom. The molecule has 0 fully saturated rings. The van der Waals surface area contributed by atoms with Gasteiger partial charge in [-0.2, -0.15) is 5.26 Å². The maximum atomic E-state index is 10.8. The zero-order chi connectivity index (χ0) is 19.9. The Morgan fingerprint density at radius 1 is 1.11 bits per heavy atom. The topological polar surface area (TPSA) is 76.2 Å². The van der Waals surface area contributed by atoms with Crippen molar-refractivity contribution in [1.82, 2.24) is 0 Å². The van der Waals surface area contributed by atoms with Crippen LogP contribution >= 0.6 is 0 Å². The van der Waals surface area contributed by atoms with Crippen molar-refractivity contribution in [1.29, 1.82) is 5.26 Å². The quantitative estimate of drug-likeness (QED) is 0.247. The highest BCUT2D eigenvalue weighted by Gasteiger charge is 2.07. The number of benzene rings is 3. The molecule has 0 saturated heterocycles. The minimum absolute atomic E-state index is 0.00690. The molecule has 3 rings (SSSR count). The first-order valence-electron chi connectivity index (χ1n) is 8.70. The number of ether oxygens (including phenoxy) is 1. The Hall–Kier alpha value is -3.91. The molecule has 0 atom stereocenters. The summed E-state index contributed by atoms with van der Waals surface area (Å²) in [7, 11) is 0. The number of nitriles is 1. The van der Waals surface area contributed by atoms with E-state index in [0.717, 1.165) is 11.1 Å². The van der Waals surface area contributed by atoms with Crippen LogP contribution in [0.3, 0.4) is 0 Å². The van der Waals surface area contributed by atoms with Gasteiger partial charge in [-0.25, -0.2) is 0 Å². The van der Waals surface area contributed by atoms with Crippen LogP contribution in [0.15, 0.2) is 72.8 Å². The van der Waals surface area contributed by atoms with Gasteiger partial charge in [0.1, 0.15) is 12.4 Å². The van der Waals surface area contributed by atoms with Gasteiger partial charge >= 0.3 is 0 Å². The lowest BCUT2D eigenvalue weighted by atomic mass is 10.0. The van der Waals surface area contributed by atoms with Gasteiger partial charge in [0.05, 0.1) is 16.6 Å². The summed E-state index contributed by atoms with van der Waals surface area (Å²) in [5, 5.41) is 20.3. The van der Waals surface area contributed by atoms with Crippen molar-refractivity contribution in [3.05, 3.63) is 105 Å². The highest BCUT2D eigenvalue weighted by atomic mass is 16.6. The van der Waals surface area contributed by atoms with Crippen molar-refractivity contribution in [2.75, 3.05) is 0 Å². The fourth-order valence-corrected chi connectivity index (χ4v) is 2.65. The lowest BCUT2D eigenvalue weighted by Crippen LogP contribution is -1.95. The fourth-order valence-electron chi connectivity index (χ4n) is 2.65. The van der Waals surface area contributed by atoms with Crippen LogP contribution in [0.25, 0.3) is 11.6 Å². The number of nitro groups is 1. The van der Waals surface area contributed by atoms with E-state index < -0.39 is 4.92 Å². The van der Waals surface area contributed by atoms with Gasteiger partial charge in [0.15, 0.2) is 0 Å². The maximum absolute atomic E-state index is 10.8. The largest absolute Gasteiger partial charge is 0.489 e. The molecule has 3 aromatic carbocycles. The molecule has 0 amide bonds. The summed E-state index contributed by atoms with van der Waals surface area (Å²) in [6.45, 7) is 2.50. The molecule has 0 aromatic heterocycles. The molecule has 0 radical (unpaired) electrons. The third-order valence-corrected chi connectivity index (χ3v) is 4.20. The minimum atomic E-state index is -0.464. The summed E-state index contributed by atoms with van der Waals surface area (Å²) < 4.78 is 5.85. The molecule has 0 aliphatic heterocycles. The van der Waals surface area contributed by atoms with Crippen LogP contribution in [-0.2, 0) is 6.61 Å². The lowest BCUT2D eigenvalue weighted by molar-refractivity contribution is -0.384. The number of hydrogen-bond acceptors (Lipinski definition) is 4. The van der Waals surface area contributed by atoms with Crippen LogP contribution in [0.2, 0.25) is 0 Å². The van der Waals surface area contributed by atoms with E-state index >= 15 is 0 Å². The molecule has 138 valence electrons.